The summed E-state index contributed by atoms with van der Waals surface area (Å²) >= 11 is 0. The van der Waals surface area contributed by atoms with Crippen molar-refractivity contribution in [1.29, 1.82) is 0 Å². The highest BCUT2D eigenvalue weighted by Crippen LogP contribution is 2.37. The number of alkyl halides is 3. The zero-order valence-corrected chi connectivity index (χ0v) is 9.79. The SMILES string of the molecule is O=c1ccn(-c2c([N+](=O)[O-])cccc2C(F)(F)F)cc1. The lowest BCUT2D eigenvalue weighted by atomic mass is 10.1. The van der Waals surface area contributed by atoms with E-state index in [1.165, 1.54) is 0 Å². The summed E-state index contributed by atoms with van der Waals surface area (Å²) < 4.78 is 39.8. The van der Waals surface area contributed by atoms with Gasteiger partial charge in [-0.1, -0.05) is 6.07 Å². The van der Waals surface area contributed by atoms with Gasteiger partial charge in [-0.2, -0.15) is 13.2 Å². The Hall–Kier alpha value is -2.64. The minimum atomic E-state index is -4.75. The van der Waals surface area contributed by atoms with E-state index in [0.29, 0.717) is 0 Å². The topological polar surface area (TPSA) is 65.1 Å². The first-order valence-corrected chi connectivity index (χ1v) is 5.34. The Morgan fingerprint density at radius 1 is 1.10 bits per heavy atom. The highest BCUT2D eigenvalue weighted by molar-refractivity contribution is 5.58. The fourth-order valence-electron chi connectivity index (χ4n) is 1.74. The molecule has 5 nitrogen and oxygen atoms in total. The van der Waals surface area contributed by atoms with Gasteiger partial charge in [0, 0.05) is 30.6 Å². The first kappa shape index (κ1) is 13.8. The number of aromatic nitrogens is 1. The van der Waals surface area contributed by atoms with E-state index in [1.807, 2.05) is 0 Å². The zero-order chi connectivity index (χ0) is 14.9. The second-order valence-corrected chi connectivity index (χ2v) is 3.87. The van der Waals surface area contributed by atoms with Gasteiger partial charge in [-0.3, -0.25) is 14.9 Å². The summed E-state index contributed by atoms with van der Waals surface area (Å²) in [5, 5.41) is 10.9. The fourth-order valence-corrected chi connectivity index (χ4v) is 1.74. The van der Waals surface area contributed by atoms with Gasteiger partial charge in [0.2, 0.25) is 0 Å². The molecule has 0 fully saturated rings. The minimum Gasteiger partial charge on any atom is -0.317 e. The largest absolute Gasteiger partial charge is 0.418 e. The van der Waals surface area contributed by atoms with Crippen molar-refractivity contribution in [3.8, 4) is 5.69 Å². The number of nitrogens with zero attached hydrogens (tertiary/aromatic N) is 2. The van der Waals surface area contributed by atoms with Gasteiger partial charge in [0.05, 0.1) is 10.5 Å². The molecule has 0 amide bonds. The van der Waals surface area contributed by atoms with Crippen LogP contribution < -0.4 is 5.43 Å². The minimum absolute atomic E-state index is 0.409. The molecular formula is C12H7F3N2O3. The number of nitro benzene ring substituents is 1. The first-order valence-electron chi connectivity index (χ1n) is 5.34. The van der Waals surface area contributed by atoms with E-state index in [-0.39, 0.29) is 0 Å². The molecule has 0 aliphatic rings. The van der Waals surface area contributed by atoms with Gasteiger partial charge >= 0.3 is 6.18 Å². The van der Waals surface area contributed by atoms with Crippen molar-refractivity contribution in [3.05, 3.63) is 68.6 Å². The van der Waals surface area contributed by atoms with Crippen LogP contribution in [0.15, 0.2) is 47.5 Å². The lowest BCUT2D eigenvalue weighted by molar-refractivity contribution is -0.384. The third-order valence-corrected chi connectivity index (χ3v) is 2.57. The Labute approximate surface area is 110 Å². The molecule has 0 spiro atoms. The maximum absolute atomic E-state index is 13.0. The second kappa shape index (κ2) is 4.80. The van der Waals surface area contributed by atoms with Crippen molar-refractivity contribution in [3.63, 3.8) is 0 Å². The Morgan fingerprint density at radius 3 is 2.20 bits per heavy atom. The second-order valence-electron chi connectivity index (χ2n) is 3.87. The van der Waals surface area contributed by atoms with E-state index >= 15 is 0 Å². The number of benzene rings is 1. The van der Waals surface area contributed by atoms with E-state index in [2.05, 4.69) is 0 Å². The molecule has 1 aromatic carbocycles. The number of hydrogen-bond donors (Lipinski definition) is 0. The molecule has 0 atom stereocenters. The van der Waals surface area contributed by atoms with Crippen molar-refractivity contribution in [2.75, 3.05) is 0 Å². The summed E-state index contributed by atoms with van der Waals surface area (Å²) in [6.45, 7) is 0. The average molecular weight is 284 g/mol. The highest BCUT2D eigenvalue weighted by Gasteiger charge is 2.37. The molecule has 0 unspecified atom stereocenters. The number of rotatable bonds is 2. The van der Waals surface area contributed by atoms with E-state index in [4.69, 9.17) is 0 Å². The molecule has 0 aliphatic heterocycles. The summed E-state index contributed by atoms with van der Waals surface area (Å²) in [4.78, 5) is 21.0. The number of halogens is 3. The van der Waals surface area contributed by atoms with E-state index in [1.54, 1.807) is 0 Å². The molecule has 2 aromatic rings. The smallest absolute Gasteiger partial charge is 0.317 e. The van der Waals surface area contributed by atoms with Gasteiger partial charge in [0.1, 0.15) is 5.69 Å². The molecule has 0 saturated heterocycles. The van der Waals surface area contributed by atoms with Crippen LogP contribution in [0.1, 0.15) is 5.56 Å². The highest BCUT2D eigenvalue weighted by atomic mass is 19.4. The van der Waals surface area contributed by atoms with Crippen molar-refractivity contribution < 1.29 is 18.1 Å². The average Bonchev–Trinajstić information content (AvgIpc) is 2.37. The van der Waals surface area contributed by atoms with Crippen LogP contribution in [0.2, 0.25) is 0 Å². The Bertz CT molecular complexity index is 702. The van der Waals surface area contributed by atoms with Gasteiger partial charge in [0.25, 0.3) is 5.69 Å². The van der Waals surface area contributed by atoms with Crippen LogP contribution in [0, 0.1) is 10.1 Å². The maximum Gasteiger partial charge on any atom is 0.418 e. The Kier molecular flexibility index (Phi) is 3.31. The molecule has 8 heteroatoms. The summed E-state index contributed by atoms with van der Waals surface area (Å²) in [5.41, 5.74) is -2.86. The number of hydrogen-bond acceptors (Lipinski definition) is 3. The third kappa shape index (κ3) is 2.53. The quantitative estimate of drug-likeness (QED) is 0.629. The summed E-state index contributed by atoms with van der Waals surface area (Å²) in [6, 6.07) is 4.74. The monoisotopic (exact) mass is 284 g/mol. The number of nitro groups is 1. The standard InChI is InChI=1S/C12H7F3N2O3/c13-12(14,15)9-2-1-3-10(17(19)20)11(9)16-6-4-8(18)5-7-16/h1-7H. The van der Waals surface area contributed by atoms with E-state index in [0.717, 1.165) is 47.3 Å². The Morgan fingerprint density at radius 2 is 1.70 bits per heavy atom. The van der Waals surface area contributed by atoms with Gasteiger partial charge in [-0.25, -0.2) is 0 Å². The lowest BCUT2D eigenvalue weighted by Crippen LogP contribution is -2.13. The summed E-state index contributed by atoms with van der Waals surface area (Å²) in [7, 11) is 0. The first-order chi connectivity index (χ1) is 9.30. The maximum atomic E-state index is 13.0. The molecule has 0 aliphatic carbocycles. The molecule has 2 rings (SSSR count). The van der Waals surface area contributed by atoms with Crippen molar-refractivity contribution in [2.45, 2.75) is 6.18 Å². The zero-order valence-electron chi connectivity index (χ0n) is 9.79. The fraction of sp³-hybridized carbons (Fsp3) is 0.0833. The molecule has 0 bridgehead atoms. The van der Waals surface area contributed by atoms with Crippen LogP contribution in [-0.2, 0) is 6.18 Å². The molecule has 1 aromatic heterocycles. The molecule has 1 heterocycles. The van der Waals surface area contributed by atoms with Crippen molar-refractivity contribution >= 4 is 5.69 Å². The van der Waals surface area contributed by atoms with Crippen LogP contribution >= 0.6 is 0 Å². The third-order valence-electron chi connectivity index (χ3n) is 2.57. The number of para-hydroxylation sites is 1. The van der Waals surface area contributed by atoms with Gasteiger partial charge in [-0.05, 0) is 6.07 Å². The molecule has 0 radical (unpaired) electrons. The molecule has 20 heavy (non-hydrogen) atoms. The molecule has 0 N–H and O–H groups in total. The van der Waals surface area contributed by atoms with Crippen LogP contribution in [0.25, 0.3) is 5.69 Å². The molecule has 0 saturated carbocycles. The van der Waals surface area contributed by atoms with Crippen LogP contribution in [0.5, 0.6) is 0 Å². The summed E-state index contributed by atoms with van der Waals surface area (Å²) in [5.74, 6) is 0. The normalized spacial score (nSPS) is 11.3. The van der Waals surface area contributed by atoms with Crippen LogP contribution in [-0.4, -0.2) is 9.49 Å². The molecular weight excluding hydrogens is 277 g/mol. The Balaban J connectivity index is 2.80. The van der Waals surface area contributed by atoms with Crippen LogP contribution in [0.4, 0.5) is 18.9 Å². The van der Waals surface area contributed by atoms with Gasteiger partial charge in [0.15, 0.2) is 5.43 Å². The van der Waals surface area contributed by atoms with E-state index in [9.17, 15) is 28.1 Å². The van der Waals surface area contributed by atoms with Crippen molar-refractivity contribution in [2.24, 2.45) is 0 Å². The molecule has 104 valence electrons. The lowest BCUT2D eigenvalue weighted by Gasteiger charge is -2.14. The van der Waals surface area contributed by atoms with Crippen molar-refractivity contribution in [1.82, 2.24) is 4.57 Å². The van der Waals surface area contributed by atoms with Gasteiger partial charge in [-0.15, -0.1) is 0 Å². The predicted molar refractivity (Wildman–Crippen MR) is 63.7 cm³/mol. The number of pyridine rings is 1. The summed E-state index contributed by atoms with van der Waals surface area (Å²) in [6.07, 6.45) is -2.63. The van der Waals surface area contributed by atoms with Crippen LogP contribution in [0.3, 0.4) is 0 Å². The van der Waals surface area contributed by atoms with Gasteiger partial charge < -0.3 is 4.57 Å². The van der Waals surface area contributed by atoms with E-state index < -0.39 is 33.5 Å². The predicted octanol–water partition coefficient (Wildman–Crippen LogP) is 2.76.